The zero-order valence-electron chi connectivity index (χ0n) is 10.0. The molecule has 0 bridgehead atoms. The first-order chi connectivity index (χ1) is 8.52. The summed E-state index contributed by atoms with van der Waals surface area (Å²) in [5, 5.41) is 14.0. The highest BCUT2D eigenvalue weighted by Gasteiger charge is 2.07. The smallest absolute Gasteiger partial charge is 0.319 e. The van der Waals surface area contributed by atoms with Gasteiger partial charge in [-0.3, -0.25) is 0 Å². The molecule has 0 aromatic heterocycles. The third-order valence-corrected chi connectivity index (χ3v) is 3.07. The van der Waals surface area contributed by atoms with E-state index in [9.17, 15) is 9.18 Å². The van der Waals surface area contributed by atoms with Crippen molar-refractivity contribution in [3.8, 4) is 0 Å². The van der Waals surface area contributed by atoms with Crippen LogP contribution in [0, 0.1) is 11.7 Å². The maximum absolute atomic E-state index is 12.8. The molecule has 0 heterocycles. The number of anilines is 1. The molecular weight excluding hydrogens is 303 g/mol. The number of rotatable bonds is 5. The second kappa shape index (κ2) is 7.33. The van der Waals surface area contributed by atoms with Gasteiger partial charge in [-0.25, -0.2) is 9.18 Å². The Hall–Kier alpha value is -1.14. The fourth-order valence-electron chi connectivity index (χ4n) is 1.35. The van der Waals surface area contributed by atoms with Crippen LogP contribution >= 0.6 is 15.9 Å². The molecule has 1 unspecified atom stereocenters. The molecule has 2 amide bonds. The Morgan fingerprint density at radius 1 is 1.56 bits per heavy atom. The first-order valence-corrected chi connectivity index (χ1v) is 6.43. The molecule has 0 radical (unpaired) electrons. The summed E-state index contributed by atoms with van der Waals surface area (Å²) in [6.45, 7) is 2.52. The third-order valence-electron chi connectivity index (χ3n) is 2.41. The van der Waals surface area contributed by atoms with Crippen LogP contribution in [0.4, 0.5) is 14.9 Å². The lowest BCUT2D eigenvalue weighted by Crippen LogP contribution is -2.32. The monoisotopic (exact) mass is 318 g/mol. The van der Waals surface area contributed by atoms with Crippen molar-refractivity contribution >= 4 is 27.6 Å². The summed E-state index contributed by atoms with van der Waals surface area (Å²) in [4.78, 5) is 11.6. The second-order valence-electron chi connectivity index (χ2n) is 4.08. The number of aliphatic hydroxyl groups excluding tert-OH is 1. The van der Waals surface area contributed by atoms with Crippen LogP contribution in [0.15, 0.2) is 22.7 Å². The molecule has 0 aliphatic carbocycles. The van der Waals surface area contributed by atoms with Gasteiger partial charge < -0.3 is 15.7 Å². The van der Waals surface area contributed by atoms with E-state index < -0.39 is 0 Å². The fraction of sp³-hybridized carbons (Fsp3) is 0.417. The van der Waals surface area contributed by atoms with Crippen molar-refractivity contribution in [2.75, 3.05) is 18.5 Å². The van der Waals surface area contributed by atoms with Gasteiger partial charge in [0.05, 0.1) is 5.69 Å². The Bertz CT molecular complexity index is 415. The van der Waals surface area contributed by atoms with Crippen LogP contribution in [0.3, 0.4) is 0 Å². The number of halogens is 2. The predicted molar refractivity (Wildman–Crippen MR) is 72.0 cm³/mol. The fourth-order valence-corrected chi connectivity index (χ4v) is 1.80. The summed E-state index contributed by atoms with van der Waals surface area (Å²) in [6, 6.07) is 3.68. The van der Waals surface area contributed by atoms with Crippen LogP contribution < -0.4 is 10.6 Å². The predicted octanol–water partition coefficient (Wildman–Crippen LogP) is 2.73. The minimum absolute atomic E-state index is 0.105. The normalized spacial score (nSPS) is 12.0. The number of amides is 2. The van der Waals surface area contributed by atoms with Gasteiger partial charge in [0.25, 0.3) is 0 Å². The molecule has 1 aromatic carbocycles. The summed E-state index contributed by atoms with van der Waals surface area (Å²) < 4.78 is 13.3. The van der Waals surface area contributed by atoms with E-state index in [-0.39, 0.29) is 24.4 Å². The average molecular weight is 319 g/mol. The lowest BCUT2D eigenvalue weighted by molar-refractivity contribution is 0.243. The van der Waals surface area contributed by atoms with Crippen LogP contribution in [0.25, 0.3) is 0 Å². The van der Waals surface area contributed by atoms with Gasteiger partial charge in [0.2, 0.25) is 0 Å². The highest BCUT2D eigenvalue weighted by atomic mass is 79.9. The first-order valence-electron chi connectivity index (χ1n) is 5.63. The highest BCUT2D eigenvalue weighted by Crippen LogP contribution is 2.22. The Morgan fingerprint density at radius 3 is 2.89 bits per heavy atom. The molecule has 4 nitrogen and oxygen atoms in total. The van der Waals surface area contributed by atoms with E-state index in [0.29, 0.717) is 23.1 Å². The lowest BCUT2D eigenvalue weighted by atomic mass is 10.1. The third kappa shape index (κ3) is 5.01. The maximum atomic E-state index is 12.8. The molecule has 1 rings (SSSR count). The first kappa shape index (κ1) is 14.9. The van der Waals surface area contributed by atoms with Crippen molar-refractivity contribution in [1.29, 1.82) is 0 Å². The Labute approximate surface area is 114 Å². The molecule has 0 saturated heterocycles. The highest BCUT2D eigenvalue weighted by molar-refractivity contribution is 9.10. The van der Waals surface area contributed by atoms with Crippen LogP contribution in [0.2, 0.25) is 0 Å². The topological polar surface area (TPSA) is 61.4 Å². The molecule has 0 saturated carbocycles. The Balaban J connectivity index is 2.44. The standard InChI is InChI=1S/C12H16BrFN2O2/c1-8(4-5-17)7-15-12(18)16-11-3-2-9(14)6-10(11)13/h2-3,6,8,17H,4-5,7H2,1H3,(H2,15,16,18). The summed E-state index contributed by atoms with van der Waals surface area (Å²) in [7, 11) is 0. The number of nitrogens with one attached hydrogen (secondary N) is 2. The van der Waals surface area contributed by atoms with Crippen molar-refractivity contribution < 1.29 is 14.3 Å². The van der Waals surface area contributed by atoms with Gasteiger partial charge >= 0.3 is 6.03 Å². The molecule has 3 N–H and O–H groups in total. The molecular formula is C12H16BrFN2O2. The summed E-state index contributed by atoms with van der Waals surface area (Å²) in [6.07, 6.45) is 0.639. The molecule has 0 fully saturated rings. The number of hydrogen-bond acceptors (Lipinski definition) is 2. The van der Waals surface area contributed by atoms with Gasteiger partial charge in [0.1, 0.15) is 5.82 Å². The molecule has 18 heavy (non-hydrogen) atoms. The molecule has 100 valence electrons. The van der Waals surface area contributed by atoms with Crippen LogP contribution in [0.5, 0.6) is 0 Å². The van der Waals surface area contributed by atoms with Crippen molar-refractivity contribution in [2.24, 2.45) is 5.92 Å². The number of benzene rings is 1. The summed E-state index contributed by atoms with van der Waals surface area (Å²) in [5.74, 6) is -0.165. The molecule has 1 atom stereocenters. The molecule has 1 aromatic rings. The quantitative estimate of drug-likeness (QED) is 0.781. The van der Waals surface area contributed by atoms with Gasteiger partial charge in [0.15, 0.2) is 0 Å². The van der Waals surface area contributed by atoms with Crippen molar-refractivity contribution in [3.63, 3.8) is 0 Å². The zero-order chi connectivity index (χ0) is 13.5. The van der Waals surface area contributed by atoms with E-state index >= 15 is 0 Å². The molecule has 0 aliphatic heterocycles. The number of carbonyl (C=O) groups excluding carboxylic acids is 1. The van der Waals surface area contributed by atoms with Gasteiger partial charge in [0, 0.05) is 17.6 Å². The molecule has 0 aliphatic rings. The average Bonchev–Trinajstić information content (AvgIpc) is 2.31. The largest absolute Gasteiger partial charge is 0.396 e. The van der Waals surface area contributed by atoms with Gasteiger partial charge in [-0.05, 0) is 46.5 Å². The number of hydrogen-bond donors (Lipinski definition) is 3. The summed E-state index contributed by atoms with van der Waals surface area (Å²) >= 11 is 3.16. The van der Waals surface area contributed by atoms with Crippen molar-refractivity contribution in [2.45, 2.75) is 13.3 Å². The minimum Gasteiger partial charge on any atom is -0.396 e. The van der Waals surface area contributed by atoms with E-state index in [0.717, 1.165) is 0 Å². The van der Waals surface area contributed by atoms with E-state index in [1.807, 2.05) is 6.92 Å². The molecule has 0 spiro atoms. The summed E-state index contributed by atoms with van der Waals surface area (Å²) in [5.41, 5.74) is 0.503. The zero-order valence-corrected chi connectivity index (χ0v) is 11.6. The minimum atomic E-state index is -0.371. The van der Waals surface area contributed by atoms with E-state index in [1.165, 1.54) is 18.2 Å². The van der Waals surface area contributed by atoms with Crippen LogP contribution in [0.1, 0.15) is 13.3 Å². The Morgan fingerprint density at radius 2 is 2.28 bits per heavy atom. The van der Waals surface area contributed by atoms with Crippen LogP contribution in [-0.4, -0.2) is 24.3 Å². The maximum Gasteiger partial charge on any atom is 0.319 e. The van der Waals surface area contributed by atoms with E-state index in [1.54, 1.807) is 0 Å². The molecule has 6 heteroatoms. The van der Waals surface area contributed by atoms with Crippen molar-refractivity contribution in [3.05, 3.63) is 28.5 Å². The van der Waals surface area contributed by atoms with Gasteiger partial charge in [-0.15, -0.1) is 0 Å². The lowest BCUT2D eigenvalue weighted by Gasteiger charge is -2.12. The van der Waals surface area contributed by atoms with Crippen molar-refractivity contribution in [1.82, 2.24) is 5.32 Å². The number of carbonyl (C=O) groups is 1. The Kier molecular flexibility index (Phi) is 6.07. The second-order valence-corrected chi connectivity index (χ2v) is 4.93. The number of aliphatic hydroxyl groups is 1. The van der Waals surface area contributed by atoms with E-state index in [2.05, 4.69) is 26.6 Å². The van der Waals surface area contributed by atoms with Gasteiger partial charge in [-0.2, -0.15) is 0 Å². The van der Waals surface area contributed by atoms with Gasteiger partial charge in [-0.1, -0.05) is 6.92 Å². The van der Waals surface area contributed by atoms with Crippen LogP contribution in [-0.2, 0) is 0 Å². The SMILES string of the molecule is CC(CCO)CNC(=O)Nc1ccc(F)cc1Br. The number of urea groups is 1. The van der Waals surface area contributed by atoms with E-state index in [4.69, 9.17) is 5.11 Å².